The fraction of sp³-hybridized carbons (Fsp3) is 0.174. The number of hydrazone groups is 1. The van der Waals surface area contributed by atoms with Gasteiger partial charge >= 0.3 is 5.69 Å². The summed E-state index contributed by atoms with van der Waals surface area (Å²) >= 11 is 0. The van der Waals surface area contributed by atoms with E-state index in [4.69, 9.17) is 4.74 Å². The number of rotatable bonds is 9. The third kappa shape index (κ3) is 5.13. The molecule has 0 bridgehead atoms. The molecule has 9 heteroatoms. The monoisotopic (exact) mass is 434 g/mol. The van der Waals surface area contributed by atoms with Crippen LogP contribution in [0.4, 0.5) is 17.1 Å². The molecule has 0 saturated carbocycles. The van der Waals surface area contributed by atoms with E-state index in [0.717, 1.165) is 22.8 Å². The molecular weight excluding hydrogens is 412 g/mol. The molecule has 1 atom stereocenters. The van der Waals surface area contributed by atoms with Gasteiger partial charge in [0, 0.05) is 13.2 Å². The molecule has 0 spiro atoms. The van der Waals surface area contributed by atoms with Crippen molar-refractivity contribution in [2.45, 2.75) is 19.4 Å². The normalized spacial score (nSPS) is 12.2. The van der Waals surface area contributed by atoms with Gasteiger partial charge in [0.1, 0.15) is 11.8 Å². The van der Waals surface area contributed by atoms with Crippen LogP contribution in [-0.2, 0) is 4.74 Å². The minimum Gasteiger partial charge on any atom is -0.371 e. The summed E-state index contributed by atoms with van der Waals surface area (Å²) in [6.07, 6.45) is 0.0571. The second-order valence-electron chi connectivity index (χ2n) is 6.89. The van der Waals surface area contributed by atoms with Gasteiger partial charge in [-0.25, -0.2) is 0 Å². The molecule has 3 rings (SSSR count). The highest BCUT2D eigenvalue weighted by Gasteiger charge is 2.21. The maximum Gasteiger partial charge on any atom is 0.301 e. The van der Waals surface area contributed by atoms with E-state index in [2.05, 4.69) is 10.5 Å². The predicted molar refractivity (Wildman–Crippen MR) is 123 cm³/mol. The van der Waals surface area contributed by atoms with Gasteiger partial charge in [-0.1, -0.05) is 61.5 Å². The van der Waals surface area contributed by atoms with Gasteiger partial charge in [0.25, 0.3) is 5.69 Å². The predicted octanol–water partition coefficient (Wildman–Crippen LogP) is 5.74. The summed E-state index contributed by atoms with van der Waals surface area (Å²) in [5, 5.41) is 26.6. The number of hydrogen-bond donors (Lipinski definition) is 1. The summed E-state index contributed by atoms with van der Waals surface area (Å²) < 4.78 is 5.66. The van der Waals surface area contributed by atoms with E-state index in [0.29, 0.717) is 12.1 Å². The molecule has 32 heavy (non-hydrogen) atoms. The highest BCUT2D eigenvalue weighted by molar-refractivity contribution is 5.90. The fourth-order valence-corrected chi connectivity index (χ4v) is 3.28. The Balaban J connectivity index is 1.86. The minimum absolute atomic E-state index is 0.0563. The number of non-ortho nitro benzene ring substituents is 1. The summed E-state index contributed by atoms with van der Waals surface area (Å²) in [7, 11) is 1.56. The first-order valence-corrected chi connectivity index (χ1v) is 9.88. The van der Waals surface area contributed by atoms with E-state index in [1.54, 1.807) is 7.11 Å². The summed E-state index contributed by atoms with van der Waals surface area (Å²) in [5.74, 6) is 0. The average molecular weight is 434 g/mol. The van der Waals surface area contributed by atoms with Gasteiger partial charge in [0.15, 0.2) is 0 Å². The molecule has 0 radical (unpaired) electrons. The molecule has 1 unspecified atom stereocenters. The molecule has 0 amide bonds. The first kappa shape index (κ1) is 22.6. The fourth-order valence-electron chi connectivity index (χ4n) is 3.28. The quantitative estimate of drug-likeness (QED) is 0.261. The second-order valence-corrected chi connectivity index (χ2v) is 6.89. The highest BCUT2D eigenvalue weighted by atomic mass is 16.6. The van der Waals surface area contributed by atoms with Crippen molar-refractivity contribution in [2.75, 3.05) is 12.5 Å². The van der Waals surface area contributed by atoms with Crippen LogP contribution in [0.5, 0.6) is 0 Å². The molecule has 9 nitrogen and oxygen atoms in total. The van der Waals surface area contributed by atoms with Gasteiger partial charge < -0.3 is 4.74 Å². The van der Waals surface area contributed by atoms with Gasteiger partial charge in [0.05, 0.1) is 21.6 Å². The lowest BCUT2D eigenvalue weighted by Gasteiger charge is -2.18. The van der Waals surface area contributed by atoms with E-state index >= 15 is 0 Å². The first-order valence-electron chi connectivity index (χ1n) is 9.88. The van der Waals surface area contributed by atoms with Crippen molar-refractivity contribution in [1.82, 2.24) is 0 Å². The Morgan fingerprint density at radius 3 is 2.19 bits per heavy atom. The Morgan fingerprint density at radius 1 is 0.969 bits per heavy atom. The minimum atomic E-state index is -0.688. The summed E-state index contributed by atoms with van der Waals surface area (Å²) in [4.78, 5) is 20.9. The lowest BCUT2D eigenvalue weighted by molar-refractivity contribution is -0.393. The van der Waals surface area contributed by atoms with Crippen LogP contribution >= 0.6 is 0 Å². The number of methoxy groups -OCH3 is 1. The molecule has 0 heterocycles. The molecule has 164 valence electrons. The Hall–Kier alpha value is -4.11. The number of nitrogens with one attached hydrogen (secondary N) is 1. The standard InChI is InChI=1S/C23H22N4O5/c1-3-20(24-25-21-14-13-19(26(28)29)15-22(21)27(30)31)23(32-2)18-11-9-17(10-12-18)16-7-5-4-6-8-16/h4-15,23,25H,3H2,1-2H3/b24-20+. The molecule has 0 aliphatic carbocycles. The molecule has 3 aromatic rings. The van der Waals surface area contributed by atoms with E-state index in [1.807, 2.05) is 61.5 Å². The van der Waals surface area contributed by atoms with Crippen molar-refractivity contribution in [3.63, 3.8) is 0 Å². The van der Waals surface area contributed by atoms with Gasteiger partial charge in [-0.05, 0) is 29.2 Å². The third-order valence-corrected chi connectivity index (χ3v) is 4.93. The van der Waals surface area contributed by atoms with Gasteiger partial charge in [-0.15, -0.1) is 0 Å². The van der Waals surface area contributed by atoms with Crippen molar-refractivity contribution in [2.24, 2.45) is 5.10 Å². The third-order valence-electron chi connectivity index (χ3n) is 4.93. The zero-order chi connectivity index (χ0) is 23.1. The topological polar surface area (TPSA) is 120 Å². The van der Waals surface area contributed by atoms with Crippen LogP contribution in [0.3, 0.4) is 0 Å². The van der Waals surface area contributed by atoms with Crippen molar-refractivity contribution in [3.05, 3.63) is 98.6 Å². The Morgan fingerprint density at radius 2 is 1.62 bits per heavy atom. The summed E-state index contributed by atoms with van der Waals surface area (Å²) in [6.45, 7) is 1.90. The first-order chi connectivity index (χ1) is 15.4. The van der Waals surface area contributed by atoms with Crippen LogP contribution in [0.15, 0.2) is 77.9 Å². The van der Waals surface area contributed by atoms with Crippen LogP contribution in [0.25, 0.3) is 11.1 Å². The highest BCUT2D eigenvalue weighted by Crippen LogP contribution is 2.30. The molecular formula is C23H22N4O5. The Bertz CT molecular complexity index is 1130. The zero-order valence-corrected chi connectivity index (χ0v) is 17.6. The van der Waals surface area contributed by atoms with E-state index in [9.17, 15) is 20.2 Å². The molecule has 0 aliphatic rings. The summed E-state index contributed by atoms with van der Waals surface area (Å²) in [5.41, 5.74) is 5.61. The molecule has 0 aromatic heterocycles. The maximum absolute atomic E-state index is 11.3. The SMILES string of the molecule is CC/C(=N\Nc1ccc([N+](=O)[O-])cc1[N+](=O)[O-])C(OC)c1ccc(-c2ccccc2)cc1. The van der Waals surface area contributed by atoms with Crippen LogP contribution in [0, 0.1) is 20.2 Å². The van der Waals surface area contributed by atoms with E-state index < -0.39 is 21.6 Å². The van der Waals surface area contributed by atoms with Crippen molar-refractivity contribution in [1.29, 1.82) is 0 Å². The molecule has 0 aliphatic heterocycles. The lowest BCUT2D eigenvalue weighted by atomic mass is 9.99. The molecule has 3 aromatic carbocycles. The number of nitrogens with zero attached hydrogens (tertiary/aromatic N) is 3. The second kappa shape index (κ2) is 10.3. The van der Waals surface area contributed by atoms with Gasteiger partial charge in [-0.2, -0.15) is 5.10 Å². The molecule has 1 N–H and O–H groups in total. The van der Waals surface area contributed by atoms with Crippen molar-refractivity contribution < 1.29 is 14.6 Å². The molecule has 0 fully saturated rings. The van der Waals surface area contributed by atoms with Crippen LogP contribution in [0.1, 0.15) is 25.0 Å². The van der Waals surface area contributed by atoms with Crippen LogP contribution < -0.4 is 5.43 Å². The summed E-state index contributed by atoms with van der Waals surface area (Å²) in [6, 6.07) is 21.2. The van der Waals surface area contributed by atoms with Crippen molar-refractivity contribution in [3.8, 4) is 11.1 Å². The van der Waals surface area contributed by atoms with Crippen molar-refractivity contribution >= 4 is 22.8 Å². The van der Waals surface area contributed by atoms with Crippen LogP contribution in [-0.4, -0.2) is 22.7 Å². The number of anilines is 1. The Labute approximate surface area is 184 Å². The number of nitro groups is 2. The average Bonchev–Trinajstić information content (AvgIpc) is 2.82. The van der Waals surface area contributed by atoms with Gasteiger partial charge in [-0.3, -0.25) is 25.7 Å². The largest absolute Gasteiger partial charge is 0.371 e. The Kier molecular flexibility index (Phi) is 7.25. The maximum atomic E-state index is 11.3. The number of benzene rings is 3. The molecule has 0 saturated heterocycles. The number of ether oxygens (including phenoxy) is 1. The van der Waals surface area contributed by atoms with E-state index in [1.165, 1.54) is 12.1 Å². The number of hydrogen-bond acceptors (Lipinski definition) is 7. The lowest BCUT2D eigenvalue weighted by Crippen LogP contribution is -2.16. The zero-order valence-electron chi connectivity index (χ0n) is 17.6. The van der Waals surface area contributed by atoms with Crippen LogP contribution in [0.2, 0.25) is 0 Å². The van der Waals surface area contributed by atoms with E-state index in [-0.39, 0.29) is 11.4 Å². The smallest absolute Gasteiger partial charge is 0.301 e. The van der Waals surface area contributed by atoms with Gasteiger partial charge in [0.2, 0.25) is 0 Å². The number of nitro benzene ring substituents is 2.